The Morgan fingerprint density at radius 3 is 2.83 bits per heavy atom. The van der Waals surface area contributed by atoms with Crippen molar-refractivity contribution in [2.75, 3.05) is 14.2 Å². The normalized spacial score (nSPS) is 11.1. The number of methoxy groups -OCH3 is 1. The van der Waals surface area contributed by atoms with Gasteiger partial charge >= 0.3 is 0 Å². The van der Waals surface area contributed by atoms with E-state index in [4.69, 9.17) is 4.74 Å². The second-order valence-electron chi connectivity index (χ2n) is 5.67. The van der Waals surface area contributed by atoms with Crippen LogP contribution in [0.25, 0.3) is 11.0 Å². The standard InChI is InChI=1S/C17H18N4O3/c1-20(10-12-4-3-5-14(8-12)24-2)11-17-18-15-7-6-13(21(22)23)9-16(15)19-17/h3-9H,10-11H2,1-2H3,(H,18,19). The molecule has 0 amide bonds. The van der Waals surface area contributed by atoms with Crippen molar-refractivity contribution in [1.82, 2.24) is 14.9 Å². The number of H-pyrrole nitrogens is 1. The van der Waals surface area contributed by atoms with E-state index in [-0.39, 0.29) is 5.69 Å². The van der Waals surface area contributed by atoms with Gasteiger partial charge in [0.25, 0.3) is 5.69 Å². The van der Waals surface area contributed by atoms with Gasteiger partial charge in [-0.25, -0.2) is 4.98 Å². The van der Waals surface area contributed by atoms with Crippen molar-refractivity contribution in [2.24, 2.45) is 0 Å². The molecule has 0 bridgehead atoms. The van der Waals surface area contributed by atoms with E-state index in [1.165, 1.54) is 12.1 Å². The highest BCUT2D eigenvalue weighted by molar-refractivity contribution is 5.77. The van der Waals surface area contributed by atoms with E-state index < -0.39 is 4.92 Å². The number of nitro groups is 1. The summed E-state index contributed by atoms with van der Waals surface area (Å²) in [7, 11) is 3.64. The van der Waals surface area contributed by atoms with Crippen LogP contribution in [0.2, 0.25) is 0 Å². The Morgan fingerprint density at radius 1 is 1.25 bits per heavy atom. The van der Waals surface area contributed by atoms with Crippen LogP contribution in [0.4, 0.5) is 5.69 Å². The maximum absolute atomic E-state index is 10.8. The molecular formula is C17H18N4O3. The zero-order valence-corrected chi connectivity index (χ0v) is 13.5. The van der Waals surface area contributed by atoms with Crippen molar-refractivity contribution in [3.05, 3.63) is 64.0 Å². The van der Waals surface area contributed by atoms with E-state index in [9.17, 15) is 10.1 Å². The molecule has 0 aliphatic rings. The first-order valence-electron chi connectivity index (χ1n) is 7.49. The molecule has 24 heavy (non-hydrogen) atoms. The van der Waals surface area contributed by atoms with Gasteiger partial charge in [0.15, 0.2) is 0 Å². The van der Waals surface area contributed by atoms with Crippen LogP contribution < -0.4 is 4.74 Å². The summed E-state index contributed by atoms with van der Waals surface area (Å²) in [5.41, 5.74) is 2.60. The maximum atomic E-state index is 10.8. The molecule has 7 heteroatoms. The van der Waals surface area contributed by atoms with Crippen molar-refractivity contribution in [1.29, 1.82) is 0 Å². The quantitative estimate of drug-likeness (QED) is 0.556. The van der Waals surface area contributed by atoms with Crippen molar-refractivity contribution in [3.8, 4) is 5.75 Å². The Hall–Kier alpha value is -2.93. The van der Waals surface area contributed by atoms with Gasteiger partial charge in [-0.15, -0.1) is 0 Å². The van der Waals surface area contributed by atoms with Crippen LogP contribution in [0.5, 0.6) is 5.75 Å². The van der Waals surface area contributed by atoms with Gasteiger partial charge in [0.05, 0.1) is 29.6 Å². The molecule has 0 fully saturated rings. The van der Waals surface area contributed by atoms with E-state index in [1.54, 1.807) is 13.2 Å². The number of hydrogen-bond donors (Lipinski definition) is 1. The lowest BCUT2D eigenvalue weighted by molar-refractivity contribution is -0.384. The Bertz CT molecular complexity index is 875. The summed E-state index contributed by atoms with van der Waals surface area (Å²) in [6, 6.07) is 12.5. The number of imidazole rings is 1. The summed E-state index contributed by atoms with van der Waals surface area (Å²) in [5, 5.41) is 10.8. The van der Waals surface area contributed by atoms with Crippen LogP contribution in [-0.4, -0.2) is 33.9 Å². The average Bonchev–Trinajstić information content (AvgIpc) is 2.95. The molecule has 0 spiro atoms. The molecule has 124 valence electrons. The number of nitro benzene ring substituents is 1. The summed E-state index contributed by atoms with van der Waals surface area (Å²) in [5.74, 6) is 1.60. The number of rotatable bonds is 6. The Balaban J connectivity index is 1.72. The summed E-state index contributed by atoms with van der Waals surface area (Å²) in [4.78, 5) is 20.2. The zero-order valence-electron chi connectivity index (χ0n) is 13.5. The third-order valence-corrected chi connectivity index (χ3v) is 3.73. The second-order valence-corrected chi connectivity index (χ2v) is 5.67. The summed E-state index contributed by atoms with van der Waals surface area (Å²) in [6.07, 6.45) is 0. The van der Waals surface area contributed by atoms with E-state index in [2.05, 4.69) is 14.9 Å². The van der Waals surface area contributed by atoms with Crippen LogP contribution in [0.1, 0.15) is 11.4 Å². The minimum atomic E-state index is -0.408. The maximum Gasteiger partial charge on any atom is 0.271 e. The lowest BCUT2D eigenvalue weighted by atomic mass is 10.2. The van der Waals surface area contributed by atoms with E-state index >= 15 is 0 Å². The number of nitrogens with one attached hydrogen (secondary N) is 1. The summed E-state index contributed by atoms with van der Waals surface area (Å²) < 4.78 is 5.23. The molecule has 2 aromatic carbocycles. The van der Waals surface area contributed by atoms with Gasteiger partial charge in [0.1, 0.15) is 11.6 Å². The van der Waals surface area contributed by atoms with Gasteiger partial charge in [-0.3, -0.25) is 15.0 Å². The zero-order chi connectivity index (χ0) is 17.1. The highest BCUT2D eigenvalue weighted by Crippen LogP contribution is 2.20. The topological polar surface area (TPSA) is 84.3 Å². The van der Waals surface area contributed by atoms with Crippen LogP contribution in [0.3, 0.4) is 0 Å². The predicted octanol–water partition coefficient (Wildman–Crippen LogP) is 3.11. The Kier molecular flexibility index (Phi) is 4.43. The Morgan fingerprint density at radius 2 is 2.08 bits per heavy atom. The van der Waals surface area contributed by atoms with Crippen molar-refractivity contribution in [2.45, 2.75) is 13.1 Å². The SMILES string of the molecule is COc1cccc(CN(C)Cc2nc3ccc([N+](=O)[O-])cc3[nH]2)c1. The number of ether oxygens (including phenoxy) is 1. The largest absolute Gasteiger partial charge is 0.497 e. The first-order valence-corrected chi connectivity index (χ1v) is 7.49. The predicted molar refractivity (Wildman–Crippen MR) is 90.9 cm³/mol. The lowest BCUT2D eigenvalue weighted by Gasteiger charge is -2.15. The van der Waals surface area contributed by atoms with Crippen LogP contribution in [0.15, 0.2) is 42.5 Å². The third kappa shape index (κ3) is 3.52. The van der Waals surface area contributed by atoms with E-state index in [0.29, 0.717) is 12.1 Å². The lowest BCUT2D eigenvalue weighted by Crippen LogP contribution is -2.18. The second kappa shape index (κ2) is 6.67. The monoisotopic (exact) mass is 326 g/mol. The molecule has 0 radical (unpaired) electrons. The fourth-order valence-corrected chi connectivity index (χ4v) is 2.63. The highest BCUT2D eigenvalue weighted by atomic mass is 16.6. The number of non-ortho nitro benzene ring substituents is 1. The average molecular weight is 326 g/mol. The van der Waals surface area contributed by atoms with E-state index in [0.717, 1.165) is 29.2 Å². The third-order valence-electron chi connectivity index (χ3n) is 3.73. The van der Waals surface area contributed by atoms with Crippen LogP contribution in [-0.2, 0) is 13.1 Å². The first kappa shape index (κ1) is 15.9. The highest BCUT2D eigenvalue weighted by Gasteiger charge is 2.11. The summed E-state index contributed by atoms with van der Waals surface area (Å²) in [6.45, 7) is 1.36. The van der Waals surface area contributed by atoms with Crippen molar-refractivity contribution >= 4 is 16.7 Å². The van der Waals surface area contributed by atoms with Gasteiger partial charge < -0.3 is 9.72 Å². The van der Waals surface area contributed by atoms with Crippen LogP contribution >= 0.6 is 0 Å². The molecule has 0 unspecified atom stereocenters. The van der Waals surface area contributed by atoms with E-state index in [1.807, 2.05) is 31.3 Å². The fraction of sp³-hybridized carbons (Fsp3) is 0.235. The Labute approximate surface area is 139 Å². The number of fused-ring (bicyclic) bond motifs is 1. The van der Waals surface area contributed by atoms with Gasteiger partial charge in [-0.2, -0.15) is 0 Å². The number of benzene rings is 2. The molecule has 0 atom stereocenters. The molecule has 0 saturated heterocycles. The molecule has 7 nitrogen and oxygen atoms in total. The van der Waals surface area contributed by atoms with Crippen LogP contribution in [0, 0.1) is 10.1 Å². The smallest absolute Gasteiger partial charge is 0.271 e. The number of aromatic amines is 1. The molecule has 1 aromatic heterocycles. The number of nitrogens with zero attached hydrogens (tertiary/aromatic N) is 3. The minimum absolute atomic E-state index is 0.0578. The molecule has 3 rings (SSSR count). The molecule has 0 aliphatic heterocycles. The number of hydrogen-bond acceptors (Lipinski definition) is 5. The molecular weight excluding hydrogens is 308 g/mol. The number of aromatic nitrogens is 2. The minimum Gasteiger partial charge on any atom is -0.497 e. The van der Waals surface area contributed by atoms with Gasteiger partial charge in [-0.1, -0.05) is 12.1 Å². The first-order chi connectivity index (χ1) is 11.5. The van der Waals surface area contributed by atoms with Gasteiger partial charge in [0.2, 0.25) is 0 Å². The van der Waals surface area contributed by atoms with Gasteiger partial charge in [0, 0.05) is 18.7 Å². The molecule has 0 aliphatic carbocycles. The fourth-order valence-electron chi connectivity index (χ4n) is 2.63. The van der Waals surface area contributed by atoms with Gasteiger partial charge in [-0.05, 0) is 30.8 Å². The molecule has 1 heterocycles. The molecule has 0 saturated carbocycles. The van der Waals surface area contributed by atoms with Crippen molar-refractivity contribution in [3.63, 3.8) is 0 Å². The van der Waals surface area contributed by atoms with Crippen molar-refractivity contribution < 1.29 is 9.66 Å². The molecule has 1 N–H and O–H groups in total. The molecule has 3 aromatic rings. The summed E-state index contributed by atoms with van der Waals surface area (Å²) >= 11 is 0.